The van der Waals surface area contributed by atoms with Crippen LogP contribution in [0.5, 0.6) is 0 Å². The van der Waals surface area contributed by atoms with Crippen molar-refractivity contribution < 1.29 is 4.79 Å². The van der Waals surface area contributed by atoms with Crippen LogP contribution in [0.15, 0.2) is 72.5 Å². The van der Waals surface area contributed by atoms with E-state index in [2.05, 4.69) is 0 Å². The normalized spacial score (nSPS) is 14.3. The summed E-state index contributed by atoms with van der Waals surface area (Å²) in [7, 11) is 0. The number of allylic oxidation sites excluding steroid dienone is 2. The van der Waals surface area contributed by atoms with Gasteiger partial charge in [0.05, 0.1) is 28.0 Å². The van der Waals surface area contributed by atoms with E-state index >= 15 is 0 Å². The van der Waals surface area contributed by atoms with Gasteiger partial charge in [0, 0.05) is 11.8 Å². The fourth-order valence-electron chi connectivity index (χ4n) is 2.63. The molecule has 2 aromatic carbocycles. The summed E-state index contributed by atoms with van der Waals surface area (Å²) in [6.07, 6.45) is 6.21. The Labute approximate surface area is 157 Å². The molecule has 128 valence electrons. The molecular weight excluding hydrogens is 355 g/mol. The molecule has 5 heteroatoms. The van der Waals surface area contributed by atoms with Crippen LogP contribution < -0.4 is 10.0 Å². The molecule has 1 heterocycles. The summed E-state index contributed by atoms with van der Waals surface area (Å²) in [6.45, 7) is 2.48. The standard InChI is InChI=1S/C20H18Cl2N2O/c1-2-3-9-20(25)15-13-23(16-7-5-4-6-8-16)24(14-15)17-10-11-18(21)19(22)12-17/h3-13H,2,14H2,1H3. The van der Waals surface area contributed by atoms with Crippen LogP contribution in [0.1, 0.15) is 13.3 Å². The van der Waals surface area contributed by atoms with Gasteiger partial charge in [-0.2, -0.15) is 0 Å². The zero-order valence-corrected chi connectivity index (χ0v) is 15.3. The zero-order chi connectivity index (χ0) is 17.8. The molecule has 1 aliphatic heterocycles. The molecule has 25 heavy (non-hydrogen) atoms. The van der Waals surface area contributed by atoms with Crippen molar-refractivity contribution in [2.45, 2.75) is 13.3 Å². The van der Waals surface area contributed by atoms with Crippen molar-refractivity contribution >= 4 is 40.4 Å². The number of hydrogen-bond donors (Lipinski definition) is 0. The molecule has 0 radical (unpaired) electrons. The molecule has 0 spiro atoms. The van der Waals surface area contributed by atoms with Gasteiger partial charge in [-0.3, -0.25) is 14.8 Å². The summed E-state index contributed by atoms with van der Waals surface area (Å²) in [5.41, 5.74) is 2.56. The number of benzene rings is 2. The summed E-state index contributed by atoms with van der Waals surface area (Å²) in [5.74, 6) is 0.0188. The molecule has 0 fully saturated rings. The van der Waals surface area contributed by atoms with Crippen molar-refractivity contribution in [2.24, 2.45) is 0 Å². The van der Waals surface area contributed by atoms with Gasteiger partial charge in [-0.1, -0.05) is 54.4 Å². The second-order valence-corrected chi connectivity index (χ2v) is 6.48. The lowest BCUT2D eigenvalue weighted by molar-refractivity contribution is -0.111. The first-order chi connectivity index (χ1) is 12.1. The number of carbonyl (C=O) groups is 1. The van der Waals surface area contributed by atoms with Gasteiger partial charge < -0.3 is 0 Å². The van der Waals surface area contributed by atoms with E-state index in [1.54, 1.807) is 12.1 Å². The van der Waals surface area contributed by atoms with Crippen LogP contribution in [0.3, 0.4) is 0 Å². The predicted molar refractivity (Wildman–Crippen MR) is 105 cm³/mol. The lowest BCUT2D eigenvalue weighted by Crippen LogP contribution is -2.35. The third kappa shape index (κ3) is 3.89. The Bertz CT molecular complexity index is 831. The Hall–Kier alpha value is -2.23. The highest BCUT2D eigenvalue weighted by Gasteiger charge is 2.26. The van der Waals surface area contributed by atoms with Crippen LogP contribution in [-0.2, 0) is 4.79 Å². The molecule has 3 rings (SSSR count). The second-order valence-electron chi connectivity index (χ2n) is 5.67. The van der Waals surface area contributed by atoms with Crippen molar-refractivity contribution in [1.82, 2.24) is 0 Å². The van der Waals surface area contributed by atoms with Crippen molar-refractivity contribution in [3.8, 4) is 0 Å². The number of para-hydroxylation sites is 1. The Morgan fingerprint density at radius 2 is 1.84 bits per heavy atom. The molecule has 0 aromatic heterocycles. The van der Waals surface area contributed by atoms with Gasteiger partial charge in [-0.25, -0.2) is 0 Å². The van der Waals surface area contributed by atoms with E-state index in [-0.39, 0.29) is 5.78 Å². The first kappa shape index (κ1) is 17.6. The minimum atomic E-state index is 0.0188. The average Bonchev–Trinajstić information content (AvgIpc) is 3.08. The van der Waals surface area contributed by atoms with Gasteiger partial charge in [0.1, 0.15) is 0 Å². The van der Waals surface area contributed by atoms with Crippen LogP contribution in [0, 0.1) is 0 Å². The maximum atomic E-state index is 12.4. The van der Waals surface area contributed by atoms with Crippen LogP contribution in [0.4, 0.5) is 11.4 Å². The highest BCUT2D eigenvalue weighted by molar-refractivity contribution is 6.42. The number of ketones is 1. The summed E-state index contributed by atoms with van der Waals surface area (Å²) in [4.78, 5) is 12.4. The number of hydrogen-bond acceptors (Lipinski definition) is 3. The maximum Gasteiger partial charge on any atom is 0.184 e. The molecule has 0 aliphatic carbocycles. The molecule has 3 nitrogen and oxygen atoms in total. The Kier molecular flexibility index (Phi) is 5.47. The minimum absolute atomic E-state index is 0.0188. The molecule has 0 N–H and O–H groups in total. The molecule has 0 atom stereocenters. The van der Waals surface area contributed by atoms with E-state index < -0.39 is 0 Å². The third-order valence-electron chi connectivity index (χ3n) is 3.90. The molecule has 0 saturated carbocycles. The molecule has 0 saturated heterocycles. The van der Waals surface area contributed by atoms with Gasteiger partial charge in [-0.05, 0) is 42.8 Å². The number of carbonyl (C=O) groups excluding carboxylic acids is 1. The molecule has 0 amide bonds. The van der Waals surface area contributed by atoms with Crippen molar-refractivity contribution in [1.29, 1.82) is 0 Å². The van der Waals surface area contributed by atoms with Gasteiger partial charge in [-0.15, -0.1) is 0 Å². The maximum absolute atomic E-state index is 12.4. The Balaban J connectivity index is 1.97. The van der Waals surface area contributed by atoms with Crippen molar-refractivity contribution in [2.75, 3.05) is 16.6 Å². The van der Waals surface area contributed by atoms with Crippen molar-refractivity contribution in [3.05, 3.63) is 82.5 Å². The van der Waals surface area contributed by atoms with Crippen LogP contribution in [0.25, 0.3) is 0 Å². The van der Waals surface area contributed by atoms with E-state index in [1.165, 1.54) is 0 Å². The van der Waals surface area contributed by atoms with Crippen LogP contribution in [0.2, 0.25) is 10.0 Å². The molecule has 1 aliphatic rings. The van der Waals surface area contributed by atoms with E-state index in [1.807, 2.05) is 71.7 Å². The Morgan fingerprint density at radius 3 is 2.52 bits per heavy atom. The average molecular weight is 373 g/mol. The number of nitrogens with zero attached hydrogens (tertiary/aromatic N) is 2. The fraction of sp³-hybridized carbons (Fsp3) is 0.150. The lowest BCUT2D eigenvalue weighted by Gasteiger charge is -2.31. The van der Waals surface area contributed by atoms with Crippen LogP contribution >= 0.6 is 23.2 Å². The van der Waals surface area contributed by atoms with E-state index in [0.717, 1.165) is 23.4 Å². The van der Waals surface area contributed by atoms with E-state index in [9.17, 15) is 4.79 Å². The summed E-state index contributed by atoms with van der Waals surface area (Å²) in [6, 6.07) is 15.4. The van der Waals surface area contributed by atoms with Gasteiger partial charge in [0.15, 0.2) is 5.78 Å². The predicted octanol–water partition coefficient (Wildman–Crippen LogP) is 5.65. The third-order valence-corrected chi connectivity index (χ3v) is 4.64. The quantitative estimate of drug-likeness (QED) is 0.633. The van der Waals surface area contributed by atoms with Gasteiger partial charge >= 0.3 is 0 Å². The minimum Gasteiger partial charge on any atom is -0.290 e. The first-order valence-corrected chi connectivity index (χ1v) is 8.84. The first-order valence-electron chi connectivity index (χ1n) is 8.08. The van der Waals surface area contributed by atoms with E-state index in [0.29, 0.717) is 16.6 Å². The topological polar surface area (TPSA) is 23.6 Å². The Morgan fingerprint density at radius 1 is 1.08 bits per heavy atom. The highest BCUT2D eigenvalue weighted by atomic mass is 35.5. The van der Waals surface area contributed by atoms with Crippen molar-refractivity contribution in [3.63, 3.8) is 0 Å². The molecule has 0 unspecified atom stereocenters. The van der Waals surface area contributed by atoms with Gasteiger partial charge in [0.2, 0.25) is 0 Å². The number of halogens is 2. The zero-order valence-electron chi connectivity index (χ0n) is 13.8. The molecule has 2 aromatic rings. The smallest absolute Gasteiger partial charge is 0.184 e. The highest BCUT2D eigenvalue weighted by Crippen LogP contribution is 2.33. The SMILES string of the molecule is CCC=CC(=O)C1=CN(c2ccccc2)N(c2ccc(Cl)c(Cl)c2)C1. The summed E-state index contributed by atoms with van der Waals surface area (Å²) in [5, 5.41) is 4.96. The number of anilines is 2. The van der Waals surface area contributed by atoms with Gasteiger partial charge in [0.25, 0.3) is 0 Å². The number of rotatable bonds is 5. The van der Waals surface area contributed by atoms with E-state index in [4.69, 9.17) is 23.2 Å². The summed E-state index contributed by atoms with van der Waals surface area (Å²) >= 11 is 12.2. The van der Waals surface area contributed by atoms with Crippen LogP contribution in [-0.4, -0.2) is 12.3 Å². The largest absolute Gasteiger partial charge is 0.290 e. The number of hydrazine groups is 1. The molecular formula is C20H18Cl2N2O. The second kappa shape index (κ2) is 7.77. The fourth-order valence-corrected chi connectivity index (χ4v) is 2.92. The summed E-state index contributed by atoms with van der Waals surface area (Å²) < 4.78 is 0. The monoisotopic (exact) mass is 372 g/mol. The lowest BCUT2D eigenvalue weighted by atomic mass is 10.1. The molecule has 0 bridgehead atoms.